The Labute approximate surface area is 141 Å². The number of nitrogens with zero attached hydrogens (tertiary/aromatic N) is 1. The number of carbonyl (C=O) groups excluding carboxylic acids is 2. The molecule has 5 heteroatoms. The van der Waals surface area contributed by atoms with E-state index in [-0.39, 0.29) is 17.7 Å². The Hall–Kier alpha value is -2.30. The fourth-order valence-electron chi connectivity index (χ4n) is 3.29. The summed E-state index contributed by atoms with van der Waals surface area (Å²) in [5.41, 5.74) is 0.628. The van der Waals surface area contributed by atoms with Crippen LogP contribution in [-0.4, -0.2) is 36.0 Å². The average molecular weight is 329 g/mol. The molecule has 1 heterocycles. The number of furan rings is 1. The maximum atomic E-state index is 12.5. The molecule has 128 valence electrons. The van der Waals surface area contributed by atoms with E-state index < -0.39 is 12.1 Å². The van der Waals surface area contributed by atoms with E-state index >= 15 is 0 Å². The molecule has 1 atom stereocenters. The van der Waals surface area contributed by atoms with Crippen molar-refractivity contribution < 1.29 is 18.7 Å². The Balaban J connectivity index is 1.63. The van der Waals surface area contributed by atoms with Gasteiger partial charge in [-0.1, -0.05) is 37.5 Å². The number of amides is 1. The van der Waals surface area contributed by atoms with Crippen LogP contribution >= 0.6 is 0 Å². The zero-order valence-corrected chi connectivity index (χ0v) is 14.2. The van der Waals surface area contributed by atoms with E-state index in [0.29, 0.717) is 5.58 Å². The molecule has 1 saturated carbocycles. The summed E-state index contributed by atoms with van der Waals surface area (Å²) < 4.78 is 10.8. The molecule has 0 spiro atoms. The summed E-state index contributed by atoms with van der Waals surface area (Å²) in [6, 6.07) is 9.25. The first-order valence-electron chi connectivity index (χ1n) is 8.52. The molecule has 2 aromatic rings. The minimum atomic E-state index is -0.822. The fraction of sp³-hybridized carbons (Fsp3) is 0.474. The fourth-order valence-corrected chi connectivity index (χ4v) is 3.29. The number of likely N-dealkylation sites (N-methyl/N-ethyl adjacent to an activating group) is 1. The number of hydrogen-bond acceptors (Lipinski definition) is 4. The minimum absolute atomic E-state index is 0.121. The van der Waals surface area contributed by atoms with Crippen molar-refractivity contribution in [1.29, 1.82) is 0 Å². The summed E-state index contributed by atoms with van der Waals surface area (Å²) in [7, 11) is 1.80. The van der Waals surface area contributed by atoms with E-state index in [2.05, 4.69) is 0 Å². The molecule has 1 amide bonds. The molecule has 5 nitrogen and oxygen atoms in total. The average Bonchev–Trinajstić information content (AvgIpc) is 3.05. The second-order valence-electron chi connectivity index (χ2n) is 6.44. The number of rotatable bonds is 4. The van der Waals surface area contributed by atoms with E-state index in [1.54, 1.807) is 31.0 Å². The van der Waals surface area contributed by atoms with Gasteiger partial charge in [0.25, 0.3) is 5.91 Å². The summed E-state index contributed by atoms with van der Waals surface area (Å²) in [4.78, 5) is 26.5. The molecule has 1 aliphatic carbocycles. The number of benzene rings is 1. The number of ether oxygens (including phenoxy) is 1. The lowest BCUT2D eigenvalue weighted by molar-refractivity contribution is -0.141. The van der Waals surface area contributed by atoms with Gasteiger partial charge in [0.15, 0.2) is 6.10 Å². The summed E-state index contributed by atoms with van der Waals surface area (Å²) in [5, 5.41) is 0.836. The second kappa shape index (κ2) is 7.07. The standard InChI is InChI=1S/C19H23NO4/c1-13(18(21)20(2)15-9-4-3-5-10-15)23-19(22)17-12-14-8-6-7-11-16(14)24-17/h6-8,11-13,15H,3-5,9-10H2,1-2H3. The van der Waals surface area contributed by atoms with Crippen molar-refractivity contribution in [2.75, 3.05) is 7.05 Å². The molecular formula is C19H23NO4. The number of fused-ring (bicyclic) bond motifs is 1. The highest BCUT2D eigenvalue weighted by atomic mass is 16.6. The lowest BCUT2D eigenvalue weighted by Gasteiger charge is -2.32. The van der Waals surface area contributed by atoms with Crippen LogP contribution in [0.15, 0.2) is 34.7 Å². The molecule has 1 aromatic heterocycles. The van der Waals surface area contributed by atoms with Gasteiger partial charge in [0.2, 0.25) is 5.76 Å². The molecule has 1 fully saturated rings. The Morgan fingerprint density at radius 1 is 1.21 bits per heavy atom. The molecule has 24 heavy (non-hydrogen) atoms. The smallest absolute Gasteiger partial charge is 0.375 e. The second-order valence-corrected chi connectivity index (χ2v) is 6.44. The number of esters is 1. The van der Waals surface area contributed by atoms with Crippen molar-refractivity contribution in [3.8, 4) is 0 Å². The summed E-state index contributed by atoms with van der Waals surface area (Å²) in [6.07, 6.45) is 4.75. The normalized spacial score (nSPS) is 16.8. The molecule has 0 N–H and O–H groups in total. The highest BCUT2D eigenvalue weighted by molar-refractivity contribution is 5.94. The summed E-state index contributed by atoms with van der Waals surface area (Å²) in [5.74, 6) is -0.647. The number of hydrogen-bond donors (Lipinski definition) is 0. The van der Waals surface area contributed by atoms with Gasteiger partial charge in [-0.25, -0.2) is 4.79 Å². The van der Waals surface area contributed by atoms with E-state index in [1.165, 1.54) is 6.42 Å². The molecule has 0 bridgehead atoms. The van der Waals surface area contributed by atoms with Crippen LogP contribution in [-0.2, 0) is 9.53 Å². The van der Waals surface area contributed by atoms with Gasteiger partial charge in [-0.05, 0) is 31.9 Å². The van der Waals surface area contributed by atoms with E-state index in [4.69, 9.17) is 9.15 Å². The number of para-hydroxylation sites is 1. The third-order valence-corrected chi connectivity index (χ3v) is 4.73. The summed E-state index contributed by atoms with van der Waals surface area (Å²) in [6.45, 7) is 1.61. The van der Waals surface area contributed by atoms with Gasteiger partial charge < -0.3 is 14.1 Å². The Bertz CT molecular complexity index is 697. The van der Waals surface area contributed by atoms with Crippen molar-refractivity contribution >= 4 is 22.8 Å². The highest BCUT2D eigenvalue weighted by Crippen LogP contribution is 2.23. The first kappa shape index (κ1) is 16.6. The molecule has 0 saturated heterocycles. The van der Waals surface area contributed by atoms with Crippen LogP contribution in [0.1, 0.15) is 49.6 Å². The number of carbonyl (C=O) groups is 2. The van der Waals surface area contributed by atoms with Crippen LogP contribution in [0, 0.1) is 0 Å². The van der Waals surface area contributed by atoms with Gasteiger partial charge in [-0.2, -0.15) is 0 Å². The lowest BCUT2D eigenvalue weighted by atomic mass is 9.94. The van der Waals surface area contributed by atoms with Crippen LogP contribution in [0.2, 0.25) is 0 Å². The molecule has 1 aromatic carbocycles. The molecule has 3 rings (SSSR count). The molecule has 1 unspecified atom stereocenters. The Kier molecular flexibility index (Phi) is 4.88. The van der Waals surface area contributed by atoms with Gasteiger partial charge >= 0.3 is 5.97 Å². The van der Waals surface area contributed by atoms with E-state index in [0.717, 1.165) is 31.1 Å². The van der Waals surface area contributed by atoms with Crippen LogP contribution in [0.3, 0.4) is 0 Å². The monoisotopic (exact) mass is 329 g/mol. The Morgan fingerprint density at radius 3 is 2.62 bits per heavy atom. The van der Waals surface area contributed by atoms with E-state index in [9.17, 15) is 9.59 Å². The zero-order valence-electron chi connectivity index (χ0n) is 14.2. The molecule has 0 radical (unpaired) electrons. The van der Waals surface area contributed by atoms with Gasteiger partial charge in [-0.3, -0.25) is 4.79 Å². The highest BCUT2D eigenvalue weighted by Gasteiger charge is 2.28. The van der Waals surface area contributed by atoms with E-state index in [1.807, 2.05) is 18.2 Å². The van der Waals surface area contributed by atoms with Crippen molar-refractivity contribution in [2.24, 2.45) is 0 Å². The van der Waals surface area contributed by atoms with Gasteiger partial charge in [0.05, 0.1) is 0 Å². The SMILES string of the molecule is CC(OC(=O)c1cc2ccccc2o1)C(=O)N(C)C1CCCCC1. The first-order valence-corrected chi connectivity index (χ1v) is 8.52. The van der Waals surface area contributed by atoms with Crippen molar-refractivity contribution in [2.45, 2.75) is 51.2 Å². The molecule has 1 aliphatic rings. The predicted octanol–water partition coefficient (Wildman–Crippen LogP) is 3.77. The lowest BCUT2D eigenvalue weighted by Crippen LogP contribution is -2.44. The quantitative estimate of drug-likeness (QED) is 0.801. The van der Waals surface area contributed by atoms with Crippen molar-refractivity contribution in [1.82, 2.24) is 4.90 Å². The topological polar surface area (TPSA) is 59.8 Å². The third kappa shape index (κ3) is 3.45. The summed E-state index contributed by atoms with van der Waals surface area (Å²) >= 11 is 0. The van der Waals surface area contributed by atoms with Crippen LogP contribution in [0.25, 0.3) is 11.0 Å². The maximum absolute atomic E-state index is 12.5. The Morgan fingerprint density at radius 2 is 1.92 bits per heavy atom. The van der Waals surface area contributed by atoms with Crippen molar-refractivity contribution in [3.63, 3.8) is 0 Å². The van der Waals surface area contributed by atoms with Crippen molar-refractivity contribution in [3.05, 3.63) is 36.1 Å². The first-order chi connectivity index (χ1) is 11.6. The predicted molar refractivity (Wildman–Crippen MR) is 90.7 cm³/mol. The van der Waals surface area contributed by atoms with Gasteiger partial charge in [0, 0.05) is 18.5 Å². The zero-order chi connectivity index (χ0) is 17.1. The van der Waals surface area contributed by atoms with Crippen LogP contribution in [0.4, 0.5) is 0 Å². The largest absolute Gasteiger partial charge is 0.449 e. The van der Waals surface area contributed by atoms with Gasteiger partial charge in [0.1, 0.15) is 5.58 Å². The maximum Gasteiger partial charge on any atom is 0.375 e. The minimum Gasteiger partial charge on any atom is -0.449 e. The molecule has 0 aliphatic heterocycles. The van der Waals surface area contributed by atoms with Crippen LogP contribution in [0.5, 0.6) is 0 Å². The van der Waals surface area contributed by atoms with Crippen LogP contribution < -0.4 is 0 Å². The molecular weight excluding hydrogens is 306 g/mol. The third-order valence-electron chi connectivity index (χ3n) is 4.73. The van der Waals surface area contributed by atoms with Gasteiger partial charge in [-0.15, -0.1) is 0 Å².